The fourth-order valence-corrected chi connectivity index (χ4v) is 5.05. The smallest absolute Gasteiger partial charge is 0.257 e. The van der Waals surface area contributed by atoms with Crippen molar-refractivity contribution in [2.45, 2.75) is 39.7 Å². The van der Waals surface area contributed by atoms with E-state index < -0.39 is 7.55 Å². The SMILES string of the molecule is C=C[Si](Cl)(N(CC)CC)C(C)(C)C. The molecule has 3 heteroatoms. The summed E-state index contributed by atoms with van der Waals surface area (Å²) in [5.41, 5.74) is 1.99. The lowest BCUT2D eigenvalue weighted by atomic mass is 10.2. The topological polar surface area (TPSA) is 3.24 Å². The maximum absolute atomic E-state index is 6.71. The van der Waals surface area contributed by atoms with Crippen molar-refractivity contribution in [1.29, 1.82) is 0 Å². The first-order valence-electron chi connectivity index (χ1n) is 4.91. The second kappa shape index (κ2) is 4.62. The Bertz CT molecular complexity index is 172. The monoisotopic (exact) mass is 219 g/mol. The van der Waals surface area contributed by atoms with Gasteiger partial charge in [-0.05, 0) is 18.1 Å². The molecule has 0 aliphatic carbocycles. The highest BCUT2D eigenvalue weighted by atomic mass is 35.6. The van der Waals surface area contributed by atoms with Crippen LogP contribution in [0.1, 0.15) is 34.6 Å². The van der Waals surface area contributed by atoms with Crippen LogP contribution >= 0.6 is 11.1 Å². The third-order valence-corrected chi connectivity index (χ3v) is 9.62. The van der Waals surface area contributed by atoms with Gasteiger partial charge in [0.1, 0.15) is 0 Å². The van der Waals surface area contributed by atoms with E-state index in [0.29, 0.717) is 0 Å². The van der Waals surface area contributed by atoms with E-state index in [1.807, 2.05) is 5.70 Å². The molecule has 0 aliphatic rings. The number of nitrogens with zero attached hydrogens (tertiary/aromatic N) is 1. The highest BCUT2D eigenvalue weighted by Gasteiger charge is 2.45. The van der Waals surface area contributed by atoms with Gasteiger partial charge >= 0.3 is 0 Å². The third-order valence-electron chi connectivity index (χ3n) is 2.55. The van der Waals surface area contributed by atoms with Crippen LogP contribution in [0, 0.1) is 0 Å². The zero-order valence-electron chi connectivity index (χ0n) is 9.52. The molecule has 0 bridgehead atoms. The molecule has 0 aromatic carbocycles. The van der Waals surface area contributed by atoms with E-state index in [1.54, 1.807) is 0 Å². The summed E-state index contributed by atoms with van der Waals surface area (Å²) < 4.78 is 2.36. The first-order valence-corrected chi connectivity index (χ1v) is 7.94. The van der Waals surface area contributed by atoms with E-state index in [-0.39, 0.29) is 5.04 Å². The zero-order chi connectivity index (χ0) is 10.7. The molecule has 0 aliphatic heterocycles. The van der Waals surface area contributed by atoms with Crippen molar-refractivity contribution in [1.82, 2.24) is 4.57 Å². The van der Waals surface area contributed by atoms with E-state index >= 15 is 0 Å². The Hall–Kier alpha value is 0.207. The summed E-state index contributed by atoms with van der Waals surface area (Å²) in [7, 11) is -1.98. The maximum atomic E-state index is 6.71. The van der Waals surface area contributed by atoms with Gasteiger partial charge in [-0.15, -0.1) is 17.7 Å². The first kappa shape index (κ1) is 13.2. The molecule has 0 radical (unpaired) electrons. The summed E-state index contributed by atoms with van der Waals surface area (Å²) >= 11 is 6.71. The van der Waals surface area contributed by atoms with Gasteiger partial charge < -0.3 is 4.57 Å². The molecule has 0 spiro atoms. The minimum atomic E-state index is -1.98. The zero-order valence-corrected chi connectivity index (χ0v) is 11.3. The maximum Gasteiger partial charge on any atom is 0.257 e. The van der Waals surface area contributed by atoms with Gasteiger partial charge in [0.25, 0.3) is 7.55 Å². The van der Waals surface area contributed by atoms with E-state index in [4.69, 9.17) is 11.1 Å². The largest absolute Gasteiger partial charge is 0.309 e. The Morgan fingerprint density at radius 1 is 1.31 bits per heavy atom. The summed E-state index contributed by atoms with van der Waals surface area (Å²) in [6.45, 7) is 16.8. The summed E-state index contributed by atoms with van der Waals surface area (Å²) in [4.78, 5) is 0. The number of rotatable bonds is 4. The molecule has 0 saturated heterocycles. The van der Waals surface area contributed by atoms with E-state index in [1.165, 1.54) is 0 Å². The van der Waals surface area contributed by atoms with Gasteiger partial charge in [0.2, 0.25) is 0 Å². The normalized spacial score (nSPS) is 17.2. The van der Waals surface area contributed by atoms with E-state index in [0.717, 1.165) is 13.1 Å². The van der Waals surface area contributed by atoms with Crippen LogP contribution in [0.5, 0.6) is 0 Å². The van der Waals surface area contributed by atoms with Crippen molar-refractivity contribution in [2.75, 3.05) is 13.1 Å². The van der Waals surface area contributed by atoms with Crippen molar-refractivity contribution in [3.63, 3.8) is 0 Å². The molecule has 0 saturated carbocycles. The lowest BCUT2D eigenvalue weighted by Gasteiger charge is -2.42. The molecule has 1 nitrogen and oxygen atoms in total. The average Bonchev–Trinajstić information content (AvgIpc) is 2.04. The molecule has 0 aromatic heterocycles. The second-order valence-corrected chi connectivity index (χ2v) is 9.92. The average molecular weight is 220 g/mol. The van der Waals surface area contributed by atoms with Gasteiger partial charge in [0.15, 0.2) is 0 Å². The predicted octanol–water partition coefficient (Wildman–Crippen LogP) is 3.53. The van der Waals surface area contributed by atoms with Crippen molar-refractivity contribution in [2.24, 2.45) is 0 Å². The lowest BCUT2D eigenvalue weighted by Crippen LogP contribution is -2.54. The summed E-state index contributed by atoms with van der Waals surface area (Å²) in [6, 6.07) is 0. The highest BCUT2D eigenvalue weighted by Crippen LogP contribution is 2.41. The molecule has 0 rings (SSSR count). The van der Waals surface area contributed by atoms with Crippen molar-refractivity contribution >= 4 is 18.6 Å². The highest BCUT2D eigenvalue weighted by molar-refractivity contribution is 7.23. The predicted molar refractivity (Wildman–Crippen MR) is 64.4 cm³/mol. The molecular weight excluding hydrogens is 198 g/mol. The molecule has 0 fully saturated rings. The minimum absolute atomic E-state index is 0.141. The fourth-order valence-electron chi connectivity index (χ4n) is 1.59. The van der Waals surface area contributed by atoms with Crippen LogP contribution in [-0.4, -0.2) is 25.2 Å². The van der Waals surface area contributed by atoms with Crippen LogP contribution in [0.3, 0.4) is 0 Å². The van der Waals surface area contributed by atoms with Crippen LogP contribution < -0.4 is 0 Å². The van der Waals surface area contributed by atoms with Gasteiger partial charge in [-0.25, -0.2) is 0 Å². The Labute approximate surface area is 88.6 Å². The van der Waals surface area contributed by atoms with Crippen LogP contribution in [0.15, 0.2) is 12.3 Å². The lowest BCUT2D eigenvalue weighted by molar-refractivity contribution is 0.452. The quantitative estimate of drug-likeness (QED) is 0.517. The molecular formula is C10H22ClNSi. The summed E-state index contributed by atoms with van der Waals surface area (Å²) in [6.07, 6.45) is 0. The van der Waals surface area contributed by atoms with Crippen LogP contribution in [0.2, 0.25) is 5.04 Å². The van der Waals surface area contributed by atoms with Crippen LogP contribution in [0.25, 0.3) is 0 Å². The first-order chi connectivity index (χ1) is 5.83. The summed E-state index contributed by atoms with van der Waals surface area (Å²) in [5.74, 6) is 0. The molecule has 1 atom stereocenters. The molecule has 0 amide bonds. The Kier molecular flexibility index (Phi) is 4.70. The van der Waals surface area contributed by atoms with Crippen molar-refractivity contribution < 1.29 is 0 Å². The van der Waals surface area contributed by atoms with Gasteiger partial charge in [-0.2, -0.15) is 0 Å². The second-order valence-electron chi connectivity index (χ2n) is 4.30. The van der Waals surface area contributed by atoms with Crippen LogP contribution in [0.4, 0.5) is 0 Å². The molecule has 13 heavy (non-hydrogen) atoms. The number of hydrogen-bond acceptors (Lipinski definition) is 1. The molecule has 1 unspecified atom stereocenters. The molecule has 78 valence electrons. The van der Waals surface area contributed by atoms with E-state index in [9.17, 15) is 0 Å². The van der Waals surface area contributed by atoms with Gasteiger partial charge in [0, 0.05) is 0 Å². The Balaban J connectivity index is 4.91. The fraction of sp³-hybridized carbons (Fsp3) is 0.800. The van der Waals surface area contributed by atoms with Gasteiger partial charge in [-0.3, -0.25) is 0 Å². The minimum Gasteiger partial charge on any atom is -0.309 e. The number of hydrogen-bond donors (Lipinski definition) is 0. The van der Waals surface area contributed by atoms with Crippen molar-refractivity contribution in [3.05, 3.63) is 12.3 Å². The third kappa shape index (κ3) is 2.58. The van der Waals surface area contributed by atoms with E-state index in [2.05, 4.69) is 45.8 Å². The molecule has 0 aromatic rings. The standard InChI is InChI=1S/C10H22ClNSi/c1-7-12(8-2)13(11,9-3)10(4,5)6/h9H,3,7-8H2,1-2,4-6H3. The van der Waals surface area contributed by atoms with Crippen LogP contribution in [-0.2, 0) is 0 Å². The van der Waals surface area contributed by atoms with Gasteiger partial charge in [0.05, 0.1) is 0 Å². The molecule has 0 N–H and O–H groups in total. The van der Waals surface area contributed by atoms with Crippen molar-refractivity contribution in [3.8, 4) is 0 Å². The Morgan fingerprint density at radius 3 is 1.77 bits per heavy atom. The van der Waals surface area contributed by atoms with Gasteiger partial charge in [-0.1, -0.05) is 40.3 Å². The summed E-state index contributed by atoms with van der Waals surface area (Å²) in [5, 5.41) is 0.141. The Morgan fingerprint density at radius 2 is 1.69 bits per heavy atom. The number of halogens is 1. The molecule has 0 heterocycles.